The van der Waals surface area contributed by atoms with Crippen LogP contribution >= 0.6 is 0 Å². The number of benzene rings is 1. The standard InChI is InChI=1S/C21H27NO3/c1-4-15-11-21(9-8-18(15)24-3)12-16-7-6-14(13-22)10-17(16)19(21)20(23)25-5-2/h6-7,10,15,18-19H,4-5,8-9,11-12H2,1-3H3/t15-,18-,19-,21-/m0/s1. The summed E-state index contributed by atoms with van der Waals surface area (Å²) < 4.78 is 11.1. The number of ether oxygens (including phenoxy) is 2. The van der Waals surface area contributed by atoms with Gasteiger partial charge in [-0.15, -0.1) is 0 Å². The van der Waals surface area contributed by atoms with Gasteiger partial charge in [-0.1, -0.05) is 19.4 Å². The van der Waals surface area contributed by atoms with E-state index in [-0.39, 0.29) is 23.4 Å². The Morgan fingerprint density at radius 1 is 1.40 bits per heavy atom. The van der Waals surface area contributed by atoms with Gasteiger partial charge in [-0.25, -0.2) is 0 Å². The minimum atomic E-state index is -0.261. The summed E-state index contributed by atoms with van der Waals surface area (Å²) in [5.74, 6) is 0.0603. The van der Waals surface area contributed by atoms with Crippen LogP contribution in [0.1, 0.15) is 62.1 Å². The quantitative estimate of drug-likeness (QED) is 0.778. The van der Waals surface area contributed by atoms with E-state index in [4.69, 9.17) is 9.47 Å². The average Bonchev–Trinajstić information content (AvgIpc) is 2.93. The third-order valence-electron chi connectivity index (χ3n) is 6.21. The number of carbonyl (C=O) groups is 1. The lowest BCUT2D eigenvalue weighted by Gasteiger charge is -2.44. The zero-order valence-corrected chi connectivity index (χ0v) is 15.4. The van der Waals surface area contributed by atoms with Crippen molar-refractivity contribution in [3.8, 4) is 6.07 Å². The number of nitrogens with zero attached hydrogens (tertiary/aromatic N) is 1. The SMILES string of the molecule is CCOC(=O)[C@@H]1c2cc(C#N)ccc2C[C@@]12CC[C@H](OC)[C@@H](CC)C2. The molecule has 0 bridgehead atoms. The molecule has 1 aromatic rings. The molecule has 1 saturated carbocycles. The maximum Gasteiger partial charge on any atom is 0.313 e. The van der Waals surface area contributed by atoms with E-state index in [1.807, 2.05) is 25.1 Å². The minimum Gasteiger partial charge on any atom is -0.466 e. The van der Waals surface area contributed by atoms with Crippen molar-refractivity contribution >= 4 is 5.97 Å². The molecule has 2 aliphatic rings. The lowest BCUT2D eigenvalue weighted by atomic mass is 9.62. The van der Waals surface area contributed by atoms with Crippen LogP contribution in [0.5, 0.6) is 0 Å². The zero-order chi connectivity index (χ0) is 18.0. The number of carbonyl (C=O) groups excluding carboxylic acids is 1. The second kappa shape index (κ2) is 7.17. The highest BCUT2D eigenvalue weighted by molar-refractivity contribution is 5.81. The van der Waals surface area contributed by atoms with Gasteiger partial charge in [-0.2, -0.15) is 5.26 Å². The molecular weight excluding hydrogens is 314 g/mol. The van der Waals surface area contributed by atoms with Crippen LogP contribution in [0.25, 0.3) is 0 Å². The molecular formula is C21H27NO3. The fraction of sp³-hybridized carbons (Fsp3) is 0.619. The van der Waals surface area contributed by atoms with Gasteiger partial charge in [-0.05, 0) is 67.2 Å². The molecule has 4 nitrogen and oxygen atoms in total. The fourth-order valence-corrected chi connectivity index (χ4v) is 5.07. The van der Waals surface area contributed by atoms with Crippen molar-refractivity contribution in [2.24, 2.45) is 11.3 Å². The molecule has 0 amide bonds. The summed E-state index contributed by atoms with van der Waals surface area (Å²) in [7, 11) is 1.79. The number of esters is 1. The number of nitriles is 1. The van der Waals surface area contributed by atoms with Crippen LogP contribution < -0.4 is 0 Å². The van der Waals surface area contributed by atoms with Crippen molar-refractivity contribution in [3.05, 3.63) is 34.9 Å². The van der Waals surface area contributed by atoms with E-state index in [1.165, 1.54) is 5.56 Å². The van der Waals surface area contributed by atoms with E-state index in [0.717, 1.165) is 37.7 Å². The van der Waals surface area contributed by atoms with Crippen molar-refractivity contribution in [3.63, 3.8) is 0 Å². The molecule has 4 atom stereocenters. The normalized spacial score (nSPS) is 30.7. The Morgan fingerprint density at radius 3 is 2.84 bits per heavy atom. The minimum absolute atomic E-state index is 0.0988. The fourth-order valence-electron chi connectivity index (χ4n) is 5.07. The Labute approximate surface area is 150 Å². The molecule has 0 radical (unpaired) electrons. The van der Waals surface area contributed by atoms with E-state index in [1.54, 1.807) is 7.11 Å². The molecule has 25 heavy (non-hydrogen) atoms. The van der Waals surface area contributed by atoms with Crippen molar-refractivity contribution in [1.82, 2.24) is 0 Å². The van der Waals surface area contributed by atoms with Gasteiger partial charge in [0.2, 0.25) is 0 Å². The van der Waals surface area contributed by atoms with Crippen LogP contribution in [0.4, 0.5) is 0 Å². The zero-order valence-electron chi connectivity index (χ0n) is 15.4. The maximum atomic E-state index is 12.9. The van der Waals surface area contributed by atoms with Gasteiger partial charge in [0.1, 0.15) is 0 Å². The van der Waals surface area contributed by atoms with Gasteiger partial charge in [0.05, 0.1) is 30.3 Å². The lowest BCUT2D eigenvalue weighted by molar-refractivity contribution is -0.150. The van der Waals surface area contributed by atoms with E-state index in [2.05, 4.69) is 13.0 Å². The lowest BCUT2D eigenvalue weighted by Crippen LogP contribution is -2.42. The van der Waals surface area contributed by atoms with Crippen LogP contribution in [-0.4, -0.2) is 25.8 Å². The molecule has 3 rings (SSSR count). The third-order valence-corrected chi connectivity index (χ3v) is 6.21. The molecule has 1 fully saturated rings. The highest BCUT2D eigenvalue weighted by atomic mass is 16.5. The summed E-state index contributed by atoms with van der Waals surface area (Å²) in [5, 5.41) is 9.26. The van der Waals surface area contributed by atoms with E-state index in [0.29, 0.717) is 18.1 Å². The Balaban J connectivity index is 2.01. The Hall–Kier alpha value is -1.86. The summed E-state index contributed by atoms with van der Waals surface area (Å²) >= 11 is 0. The van der Waals surface area contributed by atoms with Crippen molar-refractivity contribution < 1.29 is 14.3 Å². The van der Waals surface area contributed by atoms with Crippen molar-refractivity contribution in [2.75, 3.05) is 13.7 Å². The molecule has 1 aromatic carbocycles. The molecule has 0 saturated heterocycles. The van der Waals surface area contributed by atoms with Crippen LogP contribution in [0.3, 0.4) is 0 Å². The number of hydrogen-bond acceptors (Lipinski definition) is 4. The molecule has 0 heterocycles. The van der Waals surface area contributed by atoms with Crippen LogP contribution in [0.2, 0.25) is 0 Å². The smallest absolute Gasteiger partial charge is 0.313 e. The first kappa shape index (κ1) is 17.9. The van der Waals surface area contributed by atoms with Gasteiger partial charge >= 0.3 is 5.97 Å². The van der Waals surface area contributed by atoms with Crippen LogP contribution in [0.15, 0.2) is 18.2 Å². The highest BCUT2D eigenvalue weighted by Crippen LogP contribution is 2.57. The van der Waals surface area contributed by atoms with Crippen molar-refractivity contribution in [2.45, 2.75) is 58.0 Å². The third kappa shape index (κ3) is 3.06. The molecule has 134 valence electrons. The molecule has 1 spiro atoms. The van der Waals surface area contributed by atoms with Crippen molar-refractivity contribution in [1.29, 1.82) is 5.26 Å². The van der Waals surface area contributed by atoms with Crippen LogP contribution in [-0.2, 0) is 20.7 Å². The number of fused-ring (bicyclic) bond motifs is 1. The van der Waals surface area contributed by atoms with Gasteiger partial charge < -0.3 is 9.47 Å². The van der Waals surface area contributed by atoms with Crippen LogP contribution in [0, 0.1) is 22.7 Å². The molecule has 2 aliphatic carbocycles. The monoisotopic (exact) mass is 341 g/mol. The number of methoxy groups -OCH3 is 1. The first-order chi connectivity index (χ1) is 12.1. The Kier molecular flexibility index (Phi) is 5.15. The molecule has 4 heteroatoms. The summed E-state index contributed by atoms with van der Waals surface area (Å²) in [6.45, 7) is 4.43. The largest absolute Gasteiger partial charge is 0.466 e. The predicted molar refractivity (Wildman–Crippen MR) is 95.1 cm³/mol. The van der Waals surface area contributed by atoms with Gasteiger partial charge in [0.15, 0.2) is 0 Å². The molecule has 0 aliphatic heterocycles. The first-order valence-electron chi connectivity index (χ1n) is 9.31. The summed E-state index contributed by atoms with van der Waals surface area (Å²) in [6, 6.07) is 7.99. The van der Waals surface area contributed by atoms with Gasteiger partial charge in [0.25, 0.3) is 0 Å². The number of rotatable bonds is 4. The Bertz CT molecular complexity index is 693. The molecule has 0 aromatic heterocycles. The summed E-state index contributed by atoms with van der Waals surface area (Å²) in [6.07, 6.45) is 5.13. The highest BCUT2D eigenvalue weighted by Gasteiger charge is 2.53. The van der Waals surface area contributed by atoms with E-state index < -0.39 is 0 Å². The maximum absolute atomic E-state index is 12.9. The summed E-state index contributed by atoms with van der Waals surface area (Å²) in [5.41, 5.74) is 2.71. The second-order valence-electron chi connectivity index (χ2n) is 7.43. The topological polar surface area (TPSA) is 59.3 Å². The first-order valence-corrected chi connectivity index (χ1v) is 9.31. The molecule has 0 N–H and O–H groups in total. The summed E-state index contributed by atoms with van der Waals surface area (Å²) in [4.78, 5) is 12.9. The van der Waals surface area contributed by atoms with E-state index >= 15 is 0 Å². The second-order valence-corrected chi connectivity index (χ2v) is 7.43. The predicted octanol–water partition coefficient (Wildman–Crippen LogP) is 3.97. The van der Waals surface area contributed by atoms with Gasteiger partial charge in [0, 0.05) is 7.11 Å². The average molecular weight is 341 g/mol. The van der Waals surface area contributed by atoms with E-state index in [9.17, 15) is 10.1 Å². The Morgan fingerprint density at radius 2 is 2.20 bits per heavy atom. The molecule has 0 unspecified atom stereocenters. The number of hydrogen-bond donors (Lipinski definition) is 0. The van der Waals surface area contributed by atoms with Gasteiger partial charge in [-0.3, -0.25) is 4.79 Å².